The Labute approximate surface area is 237 Å². The van der Waals surface area contributed by atoms with E-state index >= 15 is 0 Å². The average Bonchev–Trinajstić information content (AvgIpc) is 2.86. The van der Waals surface area contributed by atoms with Crippen LogP contribution in [-0.2, 0) is 0 Å². The molecule has 41 heavy (non-hydrogen) atoms. The molecule has 24 unspecified atom stereocenters. The summed E-state index contributed by atoms with van der Waals surface area (Å²) in [5.74, 6) is 32.8. The lowest BCUT2D eigenvalue weighted by molar-refractivity contribution is -0.982. The van der Waals surface area contributed by atoms with Crippen LogP contribution in [0.5, 0.6) is 0 Å². The van der Waals surface area contributed by atoms with Crippen molar-refractivity contribution in [3.05, 3.63) is 0 Å². The summed E-state index contributed by atoms with van der Waals surface area (Å²) in [6.45, 7) is 0. The first-order valence-corrected chi connectivity index (χ1v) is 20.4. The Balaban J connectivity index is 0.893. The summed E-state index contributed by atoms with van der Waals surface area (Å²) in [5.41, 5.74) is 14.2. The largest absolute Gasteiger partial charge is 0.0461 e. The van der Waals surface area contributed by atoms with E-state index in [0.29, 0.717) is 0 Å². The molecule has 26 fully saturated rings. The van der Waals surface area contributed by atoms with E-state index in [1.165, 1.54) is 142 Å². The zero-order valence-corrected chi connectivity index (χ0v) is 23.2. The van der Waals surface area contributed by atoms with Crippen LogP contribution in [0.15, 0.2) is 0 Å². The van der Waals surface area contributed by atoms with Crippen LogP contribution in [0, 0.1) is 212 Å². The monoisotopic (exact) mass is 524 g/mol. The van der Waals surface area contributed by atoms with E-state index in [9.17, 15) is 0 Å². The summed E-state index contributed by atoms with van der Waals surface area (Å²) < 4.78 is 0. The summed E-state index contributed by atoms with van der Waals surface area (Å²) >= 11 is 0. The van der Waals surface area contributed by atoms with Gasteiger partial charge in [0.15, 0.2) is 0 Å². The molecule has 0 radical (unpaired) electrons. The molecular formula is C41H32. The van der Waals surface area contributed by atoms with Crippen LogP contribution in [-0.4, -0.2) is 0 Å². The molecular weight excluding hydrogens is 492 g/mol. The fourth-order valence-electron chi connectivity index (χ4n) is 38.9. The van der Waals surface area contributed by atoms with Gasteiger partial charge in [-0.15, -0.1) is 0 Å². The minimum Gasteiger partial charge on any atom is -0.0461 e. The summed E-state index contributed by atoms with van der Waals surface area (Å²) in [5, 5.41) is 0. The number of rotatable bonds is 0. The quantitative estimate of drug-likeness (QED) is 0.438. The molecule has 0 bridgehead atoms. The molecule has 0 aromatic rings. The van der Waals surface area contributed by atoms with Crippen molar-refractivity contribution in [3.63, 3.8) is 0 Å². The Kier molecular flexibility index (Phi) is 0.942. The Hall–Kier alpha value is 0. The maximum atomic E-state index is 1.89. The lowest BCUT2D eigenvalue weighted by Crippen LogP contribution is -3.41. The lowest BCUT2D eigenvalue weighted by Gasteiger charge is -3.43. The topological polar surface area (TPSA) is 0 Å². The zero-order chi connectivity index (χ0) is 23.2. The van der Waals surface area contributed by atoms with Crippen LogP contribution in [0.4, 0.5) is 0 Å². The van der Waals surface area contributed by atoms with Crippen molar-refractivity contribution in [1.29, 1.82) is 0 Å². The van der Waals surface area contributed by atoms with Gasteiger partial charge in [0.25, 0.3) is 0 Å². The summed E-state index contributed by atoms with van der Waals surface area (Å²) in [7, 11) is 0. The van der Waals surface area contributed by atoms with E-state index in [0.717, 1.165) is 70.4 Å². The van der Waals surface area contributed by atoms with Gasteiger partial charge >= 0.3 is 0 Å². The van der Waals surface area contributed by atoms with E-state index in [1.54, 1.807) is 12.8 Å². The maximum Gasteiger partial charge on any atom is -0.00540 e. The Morgan fingerprint density at radius 2 is 0.829 bits per heavy atom. The number of fused-ring (bicyclic) bond motifs is 13. The van der Waals surface area contributed by atoms with Crippen molar-refractivity contribution >= 4 is 0 Å². The molecule has 0 N–H and O–H groups in total. The fourth-order valence-corrected chi connectivity index (χ4v) is 38.9. The van der Waals surface area contributed by atoms with Crippen LogP contribution < -0.4 is 0 Å². The van der Waals surface area contributed by atoms with Crippen LogP contribution in [0.2, 0.25) is 0 Å². The third-order valence-electron chi connectivity index (χ3n) is 32.5. The highest BCUT2D eigenvalue weighted by molar-refractivity contribution is 5.89. The predicted molar refractivity (Wildman–Crippen MR) is 134 cm³/mol. The average molecular weight is 525 g/mol. The molecule has 0 heteroatoms. The van der Waals surface area contributed by atoms with E-state index in [2.05, 4.69) is 0 Å². The number of hydrogen-bond acceptors (Lipinski definition) is 0. The Morgan fingerprint density at radius 3 is 1.66 bits per heavy atom. The van der Waals surface area contributed by atoms with Crippen LogP contribution >= 0.6 is 0 Å². The highest BCUT2D eigenvalue weighted by Gasteiger charge is 3.44. The molecule has 0 saturated heterocycles. The van der Waals surface area contributed by atoms with Gasteiger partial charge in [-0.1, -0.05) is 0 Å². The zero-order valence-electron chi connectivity index (χ0n) is 23.2. The molecule has 0 nitrogen and oxygen atoms in total. The molecule has 13 spiro atoms. The second-order valence-corrected chi connectivity index (χ2v) is 25.4. The van der Waals surface area contributed by atoms with Crippen molar-refractivity contribution in [2.75, 3.05) is 0 Å². The molecule has 37 atom stereocenters. The molecule has 196 valence electrons. The highest BCUT2D eigenvalue weighted by atomic mass is 15.5. The van der Waals surface area contributed by atoms with Crippen molar-refractivity contribution in [2.45, 2.75) is 25.7 Å². The van der Waals surface area contributed by atoms with E-state index in [-0.39, 0.29) is 0 Å². The van der Waals surface area contributed by atoms with E-state index in [1.807, 2.05) is 12.8 Å². The second-order valence-electron chi connectivity index (χ2n) is 25.4. The molecule has 0 aliphatic heterocycles. The first kappa shape index (κ1) is 15.1. The smallest absolute Gasteiger partial charge is 0.00540 e. The molecule has 26 aliphatic carbocycles. The first-order valence-electron chi connectivity index (χ1n) is 20.4. The van der Waals surface area contributed by atoms with Gasteiger partial charge in [-0.3, -0.25) is 0 Å². The molecule has 26 rings (SSSR count). The van der Waals surface area contributed by atoms with Crippen molar-refractivity contribution < 1.29 is 0 Å². The molecule has 0 aromatic carbocycles. The normalized spacial score (nSPS) is 126. The van der Waals surface area contributed by atoms with Gasteiger partial charge in [-0.2, -0.15) is 0 Å². The molecule has 0 aromatic heterocycles. The SMILES string of the molecule is C1C2C3C[C@H]4[C@H]5[C@H]6[C@H]7[C@H]8[C@H]9[C@H]%10[C@H]%11[C@H]%12[C@H]%13CC%14C%15C[C@H]%16[C@H]%17[C@@H]1C1%18C%19C%20C%21C%22C%23C%24C2C34C%245C%236C%227C%218C%209C%19%10C%111C%121C%14%13C%15%16C%17%181. The van der Waals surface area contributed by atoms with Gasteiger partial charge in [-0.05, 0) is 238 Å². The summed E-state index contributed by atoms with van der Waals surface area (Å²) in [4.78, 5) is 0. The third kappa shape index (κ3) is 0.431. The molecule has 26 saturated carbocycles. The second kappa shape index (κ2) is 2.57. The third-order valence-corrected chi connectivity index (χ3v) is 32.5. The van der Waals surface area contributed by atoms with Gasteiger partial charge in [0, 0.05) is 0 Å². The lowest BCUT2D eigenvalue weighted by atomic mass is 8.60. The highest BCUT2D eigenvalue weighted by Crippen LogP contribution is 3.45. The molecule has 26 aliphatic rings. The first-order chi connectivity index (χ1) is 20.4. The van der Waals surface area contributed by atoms with Crippen LogP contribution in [0.25, 0.3) is 0 Å². The van der Waals surface area contributed by atoms with E-state index in [4.69, 9.17) is 0 Å². The predicted octanol–water partition coefficient (Wildman–Crippen LogP) is 4.51. The number of hydrogen-bond donors (Lipinski definition) is 0. The standard InChI is InChI=1S/C41H32/c1-5-6-2-9-15-18-20-21-22-24-26-16-12-4-8-7-3-11-14-10(1)32-28-27-25-23-19-17-13(5)29(6,9)33(15,17)34(18,19)35(20,23)36(21,25)37(22,27)38(24,28)40(26,32)41(16)31(8,12)30(7,11)39(14,32)41/h5-28H,1-4H2/t5?,6?,7?,8?,9-,10+,11-,12+,13?,14+,15-,16+,17?,18-,19?,20-,21-,22-,23?,24-,25?,26+,27?,28?,29?,30?,31?,32?,33?,34?,35?,36?,37?,38?,39?,40?,41?/m0/s1. The summed E-state index contributed by atoms with van der Waals surface area (Å²) in [6.07, 6.45) is 7.29. The minimum absolute atomic E-state index is 1.06. The molecule has 0 heterocycles. The van der Waals surface area contributed by atoms with E-state index < -0.39 is 0 Å². The van der Waals surface area contributed by atoms with Gasteiger partial charge in [0.1, 0.15) is 0 Å². The van der Waals surface area contributed by atoms with Crippen LogP contribution in [0.1, 0.15) is 25.7 Å². The van der Waals surface area contributed by atoms with Gasteiger partial charge in [0.05, 0.1) is 0 Å². The van der Waals surface area contributed by atoms with Gasteiger partial charge in [-0.25, -0.2) is 0 Å². The molecule has 0 amide bonds. The fraction of sp³-hybridized carbons (Fsp3) is 1.00. The Morgan fingerprint density at radius 1 is 0.268 bits per heavy atom. The Bertz CT molecular complexity index is 2240. The maximum absolute atomic E-state index is 1.89. The van der Waals surface area contributed by atoms with Crippen molar-refractivity contribution in [2.24, 2.45) is 212 Å². The van der Waals surface area contributed by atoms with Crippen molar-refractivity contribution in [1.82, 2.24) is 0 Å². The minimum atomic E-state index is 1.06. The van der Waals surface area contributed by atoms with Gasteiger partial charge < -0.3 is 0 Å². The van der Waals surface area contributed by atoms with Crippen molar-refractivity contribution in [3.8, 4) is 0 Å². The van der Waals surface area contributed by atoms with Crippen LogP contribution in [0.3, 0.4) is 0 Å². The van der Waals surface area contributed by atoms with Gasteiger partial charge in [0.2, 0.25) is 0 Å². The summed E-state index contributed by atoms with van der Waals surface area (Å²) in [6, 6.07) is 0.